The standard InChI is InChI=1S/C16H16N2O2/c19-15-5-1-4-14-13(15)6-7-16(20)18(14)10-8-12-3-2-9-17-11-12/h2-3,6-7,9,11H,1,4-5,8,10H2. The molecule has 3 rings (SSSR count). The van der Waals surface area contributed by atoms with Crippen molar-refractivity contribution in [3.8, 4) is 0 Å². The summed E-state index contributed by atoms with van der Waals surface area (Å²) in [6.45, 7) is 0.598. The topological polar surface area (TPSA) is 52.0 Å². The molecule has 0 radical (unpaired) electrons. The van der Waals surface area contributed by atoms with Gasteiger partial charge < -0.3 is 4.57 Å². The third-order valence-corrected chi connectivity index (χ3v) is 3.76. The van der Waals surface area contributed by atoms with Gasteiger partial charge in [0.15, 0.2) is 5.78 Å². The predicted molar refractivity (Wildman–Crippen MR) is 75.9 cm³/mol. The van der Waals surface area contributed by atoms with Crippen LogP contribution in [0.4, 0.5) is 0 Å². The van der Waals surface area contributed by atoms with Crippen molar-refractivity contribution in [2.75, 3.05) is 0 Å². The Morgan fingerprint density at radius 1 is 1.15 bits per heavy atom. The van der Waals surface area contributed by atoms with Crippen molar-refractivity contribution in [1.29, 1.82) is 0 Å². The summed E-state index contributed by atoms with van der Waals surface area (Å²) in [5.41, 5.74) is 2.70. The maximum absolute atomic E-state index is 12.1. The van der Waals surface area contributed by atoms with Gasteiger partial charge in [0.25, 0.3) is 5.56 Å². The molecule has 2 heterocycles. The number of Topliss-reactive ketones (excluding diaryl/α,β-unsaturated/α-hetero) is 1. The van der Waals surface area contributed by atoms with Crippen LogP contribution in [0.25, 0.3) is 0 Å². The molecule has 0 saturated carbocycles. The minimum absolute atomic E-state index is 0.0256. The van der Waals surface area contributed by atoms with Gasteiger partial charge in [-0.2, -0.15) is 0 Å². The van der Waals surface area contributed by atoms with Gasteiger partial charge in [-0.05, 0) is 37.0 Å². The molecule has 4 heteroatoms. The Morgan fingerprint density at radius 3 is 2.85 bits per heavy atom. The van der Waals surface area contributed by atoms with Gasteiger partial charge in [0.05, 0.1) is 0 Å². The Labute approximate surface area is 117 Å². The molecule has 2 aromatic rings. The van der Waals surface area contributed by atoms with E-state index in [1.807, 2.05) is 18.3 Å². The normalized spacial score (nSPS) is 14.1. The Hall–Kier alpha value is -2.23. The van der Waals surface area contributed by atoms with E-state index in [1.165, 1.54) is 6.07 Å². The van der Waals surface area contributed by atoms with Gasteiger partial charge in [-0.1, -0.05) is 6.07 Å². The lowest BCUT2D eigenvalue weighted by molar-refractivity contribution is 0.0970. The average molecular weight is 268 g/mol. The maximum Gasteiger partial charge on any atom is 0.250 e. The van der Waals surface area contributed by atoms with Crippen molar-refractivity contribution in [2.24, 2.45) is 0 Å². The highest BCUT2D eigenvalue weighted by Gasteiger charge is 2.20. The third kappa shape index (κ3) is 2.41. The summed E-state index contributed by atoms with van der Waals surface area (Å²) < 4.78 is 1.75. The summed E-state index contributed by atoms with van der Waals surface area (Å²) in [6.07, 6.45) is 6.53. The van der Waals surface area contributed by atoms with E-state index in [9.17, 15) is 9.59 Å². The molecule has 0 saturated heterocycles. The van der Waals surface area contributed by atoms with Crippen molar-refractivity contribution in [2.45, 2.75) is 32.2 Å². The van der Waals surface area contributed by atoms with E-state index in [-0.39, 0.29) is 11.3 Å². The van der Waals surface area contributed by atoms with Crippen LogP contribution in [0.5, 0.6) is 0 Å². The number of nitrogens with zero attached hydrogens (tertiary/aromatic N) is 2. The smallest absolute Gasteiger partial charge is 0.250 e. The average Bonchev–Trinajstić information content (AvgIpc) is 2.47. The van der Waals surface area contributed by atoms with Crippen LogP contribution in [0, 0.1) is 0 Å². The van der Waals surface area contributed by atoms with E-state index in [2.05, 4.69) is 4.98 Å². The molecule has 0 bridgehead atoms. The molecule has 102 valence electrons. The van der Waals surface area contributed by atoms with Crippen molar-refractivity contribution < 1.29 is 4.79 Å². The lowest BCUT2D eigenvalue weighted by Crippen LogP contribution is -2.28. The molecule has 0 fully saturated rings. The molecule has 0 amide bonds. The molecule has 0 unspecified atom stereocenters. The van der Waals surface area contributed by atoms with Crippen LogP contribution in [0.1, 0.15) is 34.5 Å². The lowest BCUT2D eigenvalue weighted by atomic mass is 9.94. The van der Waals surface area contributed by atoms with E-state index in [0.29, 0.717) is 13.0 Å². The lowest BCUT2D eigenvalue weighted by Gasteiger charge is -2.19. The van der Waals surface area contributed by atoms with E-state index in [1.54, 1.807) is 16.8 Å². The fourth-order valence-electron chi connectivity index (χ4n) is 2.73. The van der Waals surface area contributed by atoms with Gasteiger partial charge >= 0.3 is 0 Å². The van der Waals surface area contributed by atoms with Crippen molar-refractivity contribution >= 4 is 5.78 Å². The first-order chi connectivity index (χ1) is 9.75. The number of pyridine rings is 2. The summed E-state index contributed by atoms with van der Waals surface area (Å²) in [7, 11) is 0. The van der Waals surface area contributed by atoms with Crippen LogP contribution in [-0.2, 0) is 19.4 Å². The summed E-state index contributed by atoms with van der Waals surface area (Å²) in [5.74, 6) is 0.154. The summed E-state index contributed by atoms with van der Waals surface area (Å²) in [6, 6.07) is 7.08. The Morgan fingerprint density at radius 2 is 2.05 bits per heavy atom. The maximum atomic E-state index is 12.1. The first-order valence-electron chi connectivity index (χ1n) is 6.90. The number of aryl methyl sites for hydroxylation is 1. The number of rotatable bonds is 3. The molecule has 4 nitrogen and oxygen atoms in total. The first-order valence-corrected chi connectivity index (χ1v) is 6.90. The number of aromatic nitrogens is 2. The van der Waals surface area contributed by atoms with Crippen molar-refractivity contribution in [3.63, 3.8) is 0 Å². The quantitative estimate of drug-likeness (QED) is 0.855. The Bertz CT molecular complexity index is 689. The van der Waals surface area contributed by atoms with Crippen molar-refractivity contribution in [1.82, 2.24) is 9.55 Å². The van der Waals surface area contributed by atoms with Crippen LogP contribution < -0.4 is 5.56 Å². The second kappa shape index (κ2) is 5.41. The highest BCUT2D eigenvalue weighted by atomic mass is 16.1. The zero-order valence-corrected chi connectivity index (χ0v) is 11.2. The Balaban J connectivity index is 1.91. The predicted octanol–water partition coefficient (Wildman–Crippen LogP) is 2.00. The number of carbonyl (C=O) groups is 1. The van der Waals surface area contributed by atoms with Crippen LogP contribution in [0.2, 0.25) is 0 Å². The molecule has 0 spiro atoms. The number of hydrogen-bond donors (Lipinski definition) is 0. The second-order valence-corrected chi connectivity index (χ2v) is 5.07. The molecule has 1 aliphatic carbocycles. The van der Waals surface area contributed by atoms with Crippen molar-refractivity contribution in [3.05, 3.63) is 63.8 Å². The van der Waals surface area contributed by atoms with Gasteiger partial charge in [-0.15, -0.1) is 0 Å². The number of fused-ring (bicyclic) bond motifs is 1. The minimum Gasteiger partial charge on any atom is -0.312 e. The minimum atomic E-state index is -0.0256. The first kappa shape index (κ1) is 12.8. The van der Waals surface area contributed by atoms with Crippen LogP contribution >= 0.6 is 0 Å². The highest BCUT2D eigenvalue weighted by Crippen LogP contribution is 2.19. The van der Waals surface area contributed by atoms with Crippen LogP contribution in [0.3, 0.4) is 0 Å². The largest absolute Gasteiger partial charge is 0.312 e. The summed E-state index contributed by atoms with van der Waals surface area (Å²) in [4.78, 5) is 28.0. The molecular formula is C16H16N2O2. The Kier molecular flexibility index (Phi) is 3.46. The van der Waals surface area contributed by atoms with Gasteiger partial charge in [0.2, 0.25) is 0 Å². The highest BCUT2D eigenvalue weighted by molar-refractivity contribution is 5.97. The SMILES string of the molecule is O=C1CCCc2c1ccc(=O)n2CCc1cccnc1. The molecule has 0 aromatic carbocycles. The van der Waals surface area contributed by atoms with E-state index >= 15 is 0 Å². The zero-order chi connectivity index (χ0) is 13.9. The third-order valence-electron chi connectivity index (χ3n) is 3.76. The summed E-state index contributed by atoms with van der Waals surface area (Å²) in [5, 5.41) is 0. The fraction of sp³-hybridized carbons (Fsp3) is 0.312. The molecular weight excluding hydrogens is 252 g/mol. The fourth-order valence-corrected chi connectivity index (χ4v) is 2.73. The zero-order valence-electron chi connectivity index (χ0n) is 11.2. The van der Waals surface area contributed by atoms with Crippen LogP contribution in [-0.4, -0.2) is 15.3 Å². The molecule has 20 heavy (non-hydrogen) atoms. The van der Waals surface area contributed by atoms with Gasteiger partial charge in [-0.25, -0.2) is 0 Å². The van der Waals surface area contributed by atoms with E-state index in [0.717, 1.165) is 36.1 Å². The molecule has 2 aromatic heterocycles. The van der Waals surface area contributed by atoms with Gasteiger partial charge in [0, 0.05) is 42.7 Å². The second-order valence-electron chi connectivity index (χ2n) is 5.07. The van der Waals surface area contributed by atoms with Gasteiger partial charge in [-0.3, -0.25) is 14.6 Å². The van der Waals surface area contributed by atoms with E-state index < -0.39 is 0 Å². The van der Waals surface area contributed by atoms with Gasteiger partial charge in [0.1, 0.15) is 0 Å². The molecule has 0 atom stereocenters. The molecule has 0 aliphatic heterocycles. The van der Waals surface area contributed by atoms with Crippen LogP contribution in [0.15, 0.2) is 41.5 Å². The summed E-state index contributed by atoms with van der Waals surface area (Å²) >= 11 is 0. The number of carbonyl (C=O) groups excluding carboxylic acids is 1. The van der Waals surface area contributed by atoms with E-state index in [4.69, 9.17) is 0 Å². The molecule has 1 aliphatic rings. The number of ketones is 1. The number of hydrogen-bond acceptors (Lipinski definition) is 3. The monoisotopic (exact) mass is 268 g/mol. The molecule has 0 N–H and O–H groups in total.